The van der Waals surface area contributed by atoms with E-state index in [1.54, 1.807) is 16.7 Å². The zero-order valence-corrected chi connectivity index (χ0v) is 12.1. The van der Waals surface area contributed by atoms with E-state index in [1.165, 1.54) is 0 Å². The number of fused-ring (bicyclic) bond motifs is 1. The number of aromatic nitrogens is 4. The van der Waals surface area contributed by atoms with Crippen LogP contribution in [0.4, 0.5) is 0 Å². The first-order chi connectivity index (χ1) is 9.78. The lowest BCUT2D eigenvalue weighted by molar-refractivity contribution is 0.343. The first-order valence-electron chi connectivity index (χ1n) is 6.00. The van der Waals surface area contributed by atoms with Crippen LogP contribution in [-0.4, -0.2) is 26.4 Å². The van der Waals surface area contributed by atoms with E-state index >= 15 is 0 Å². The minimum Gasteiger partial charge on any atom is -0.472 e. The maximum Gasteiger partial charge on any atom is 0.232 e. The van der Waals surface area contributed by atoms with Crippen LogP contribution in [0.2, 0.25) is 0 Å². The van der Waals surface area contributed by atoms with Crippen LogP contribution in [0.5, 0.6) is 5.88 Å². The van der Waals surface area contributed by atoms with Crippen LogP contribution in [0.3, 0.4) is 0 Å². The number of hydrogen-bond acceptors (Lipinski definition) is 4. The van der Waals surface area contributed by atoms with Crippen molar-refractivity contribution < 1.29 is 4.74 Å². The Morgan fingerprint density at radius 2 is 1.95 bits per heavy atom. The van der Waals surface area contributed by atoms with Gasteiger partial charge in [0.05, 0.1) is 0 Å². The molecule has 0 unspecified atom stereocenters. The Morgan fingerprint density at radius 1 is 1.15 bits per heavy atom. The van der Waals surface area contributed by atoms with Gasteiger partial charge in [0.2, 0.25) is 5.88 Å². The fourth-order valence-corrected chi connectivity index (χ4v) is 2.04. The van der Waals surface area contributed by atoms with Crippen molar-refractivity contribution in [1.82, 2.24) is 19.8 Å². The average molecular weight is 331 g/mol. The molecule has 0 aliphatic heterocycles. The van der Waals surface area contributed by atoms with Crippen molar-refractivity contribution in [2.24, 2.45) is 0 Å². The van der Waals surface area contributed by atoms with Crippen molar-refractivity contribution in [3.63, 3.8) is 0 Å². The number of hydrogen-bond donors (Lipinski definition) is 0. The van der Waals surface area contributed by atoms with Gasteiger partial charge >= 0.3 is 0 Å². The third kappa shape index (κ3) is 2.42. The SMILES string of the molecule is C=CCOc1ccc2nnc(-c3ccc(Br)cc3)n2n1. The molecular weight excluding hydrogens is 320 g/mol. The number of halogens is 1. The second-order valence-corrected chi connectivity index (χ2v) is 4.99. The van der Waals surface area contributed by atoms with E-state index in [0.717, 1.165) is 10.0 Å². The number of ether oxygens (including phenoxy) is 1. The molecule has 0 spiro atoms. The van der Waals surface area contributed by atoms with Crippen LogP contribution < -0.4 is 4.74 Å². The zero-order chi connectivity index (χ0) is 13.9. The Hall–Kier alpha value is -2.21. The van der Waals surface area contributed by atoms with E-state index in [1.807, 2.05) is 30.3 Å². The van der Waals surface area contributed by atoms with Crippen LogP contribution in [0.25, 0.3) is 17.0 Å². The van der Waals surface area contributed by atoms with Crippen LogP contribution >= 0.6 is 15.9 Å². The minimum absolute atomic E-state index is 0.411. The summed E-state index contributed by atoms with van der Waals surface area (Å²) in [5.74, 6) is 1.19. The number of rotatable bonds is 4. The highest BCUT2D eigenvalue weighted by Crippen LogP contribution is 2.21. The summed E-state index contributed by atoms with van der Waals surface area (Å²) < 4.78 is 8.11. The van der Waals surface area contributed by atoms with Gasteiger partial charge in [0.25, 0.3) is 0 Å². The topological polar surface area (TPSA) is 52.3 Å². The van der Waals surface area contributed by atoms with E-state index in [-0.39, 0.29) is 0 Å². The first kappa shape index (κ1) is 12.8. The highest BCUT2D eigenvalue weighted by atomic mass is 79.9. The van der Waals surface area contributed by atoms with Crippen molar-refractivity contribution in [3.05, 3.63) is 53.5 Å². The van der Waals surface area contributed by atoms with E-state index in [0.29, 0.717) is 24.0 Å². The lowest BCUT2D eigenvalue weighted by atomic mass is 10.2. The number of benzene rings is 1. The maximum atomic E-state index is 5.43. The van der Waals surface area contributed by atoms with Gasteiger partial charge in [-0.1, -0.05) is 40.7 Å². The highest BCUT2D eigenvalue weighted by Gasteiger charge is 2.10. The summed E-state index contributed by atoms with van der Waals surface area (Å²) in [4.78, 5) is 0. The van der Waals surface area contributed by atoms with Crippen LogP contribution in [-0.2, 0) is 0 Å². The molecule has 5 nitrogen and oxygen atoms in total. The van der Waals surface area contributed by atoms with Gasteiger partial charge in [0, 0.05) is 16.1 Å². The largest absolute Gasteiger partial charge is 0.472 e. The van der Waals surface area contributed by atoms with Gasteiger partial charge in [-0.25, -0.2) is 0 Å². The van der Waals surface area contributed by atoms with Gasteiger partial charge in [-0.2, -0.15) is 4.52 Å². The molecule has 0 aliphatic carbocycles. The lowest BCUT2D eigenvalue weighted by Gasteiger charge is -2.03. The van der Waals surface area contributed by atoms with Gasteiger partial charge in [0.15, 0.2) is 11.5 Å². The van der Waals surface area contributed by atoms with Gasteiger partial charge in [-0.05, 0) is 18.2 Å². The molecule has 20 heavy (non-hydrogen) atoms. The molecule has 100 valence electrons. The summed E-state index contributed by atoms with van der Waals surface area (Å²) in [6, 6.07) is 11.4. The van der Waals surface area contributed by atoms with Crippen LogP contribution in [0.15, 0.2) is 53.5 Å². The van der Waals surface area contributed by atoms with Crippen molar-refractivity contribution >= 4 is 21.6 Å². The molecule has 0 amide bonds. The van der Waals surface area contributed by atoms with E-state index in [9.17, 15) is 0 Å². The molecular formula is C14H11BrN4O. The molecule has 3 rings (SSSR count). The van der Waals surface area contributed by atoms with Gasteiger partial charge in [-0.15, -0.1) is 15.3 Å². The molecule has 0 N–H and O–H groups in total. The zero-order valence-electron chi connectivity index (χ0n) is 10.5. The Kier molecular flexibility index (Phi) is 3.47. The molecule has 0 fully saturated rings. The highest BCUT2D eigenvalue weighted by molar-refractivity contribution is 9.10. The molecule has 2 aromatic heterocycles. The van der Waals surface area contributed by atoms with Crippen molar-refractivity contribution in [3.8, 4) is 17.3 Å². The molecule has 0 atom stereocenters. The van der Waals surface area contributed by atoms with Gasteiger partial charge in [-0.3, -0.25) is 0 Å². The molecule has 3 aromatic rings. The maximum absolute atomic E-state index is 5.43. The second-order valence-electron chi connectivity index (χ2n) is 4.07. The Morgan fingerprint density at radius 3 is 2.70 bits per heavy atom. The van der Waals surface area contributed by atoms with Crippen molar-refractivity contribution in [1.29, 1.82) is 0 Å². The standard InChI is InChI=1S/C14H11BrN4O/c1-2-9-20-13-8-7-12-16-17-14(19(12)18-13)10-3-5-11(15)6-4-10/h2-8H,1,9H2. The molecule has 0 saturated carbocycles. The van der Waals surface area contributed by atoms with Crippen molar-refractivity contribution in [2.45, 2.75) is 0 Å². The molecule has 0 bridgehead atoms. The Bertz CT molecular complexity index is 751. The summed E-state index contributed by atoms with van der Waals surface area (Å²) in [5, 5.41) is 12.7. The Balaban J connectivity index is 2.06. The second kappa shape index (κ2) is 5.42. The average Bonchev–Trinajstić information content (AvgIpc) is 2.89. The van der Waals surface area contributed by atoms with Gasteiger partial charge in [0.1, 0.15) is 6.61 Å². The minimum atomic E-state index is 0.411. The van der Waals surface area contributed by atoms with E-state index in [2.05, 4.69) is 37.8 Å². The predicted molar refractivity (Wildman–Crippen MR) is 79.6 cm³/mol. The summed E-state index contributed by atoms with van der Waals surface area (Å²) in [6.45, 7) is 4.02. The lowest BCUT2D eigenvalue weighted by Crippen LogP contribution is -2.01. The summed E-state index contributed by atoms with van der Waals surface area (Å²) >= 11 is 3.41. The van der Waals surface area contributed by atoms with Crippen LogP contribution in [0, 0.1) is 0 Å². The van der Waals surface area contributed by atoms with Gasteiger partial charge < -0.3 is 4.74 Å². The molecule has 0 radical (unpaired) electrons. The fraction of sp³-hybridized carbons (Fsp3) is 0.0714. The van der Waals surface area contributed by atoms with Crippen molar-refractivity contribution in [2.75, 3.05) is 6.61 Å². The van der Waals surface area contributed by atoms with E-state index < -0.39 is 0 Å². The van der Waals surface area contributed by atoms with Crippen LogP contribution in [0.1, 0.15) is 0 Å². The first-order valence-corrected chi connectivity index (χ1v) is 6.79. The molecule has 0 aliphatic rings. The quantitative estimate of drug-likeness (QED) is 0.689. The van der Waals surface area contributed by atoms with E-state index in [4.69, 9.17) is 4.74 Å². The number of nitrogens with zero attached hydrogens (tertiary/aromatic N) is 4. The third-order valence-electron chi connectivity index (χ3n) is 2.69. The molecule has 2 heterocycles. The summed E-state index contributed by atoms with van der Waals surface area (Å²) in [7, 11) is 0. The molecule has 1 aromatic carbocycles. The normalized spacial score (nSPS) is 10.7. The molecule has 6 heteroatoms. The monoisotopic (exact) mass is 330 g/mol. The summed E-state index contributed by atoms with van der Waals surface area (Å²) in [5.41, 5.74) is 1.61. The third-order valence-corrected chi connectivity index (χ3v) is 3.22. The fourth-order valence-electron chi connectivity index (χ4n) is 1.77. The predicted octanol–water partition coefficient (Wildman–Crippen LogP) is 3.12. The Labute approximate surface area is 124 Å². The smallest absolute Gasteiger partial charge is 0.232 e. The summed E-state index contributed by atoms with van der Waals surface area (Å²) in [6.07, 6.45) is 1.67. The molecule has 0 saturated heterocycles.